The van der Waals surface area contributed by atoms with E-state index in [2.05, 4.69) is 5.43 Å². The van der Waals surface area contributed by atoms with Crippen LogP contribution in [0.2, 0.25) is 5.02 Å². The van der Waals surface area contributed by atoms with Crippen LogP contribution in [0, 0.1) is 5.92 Å². The Morgan fingerprint density at radius 3 is 2.79 bits per heavy atom. The summed E-state index contributed by atoms with van der Waals surface area (Å²) in [4.78, 5) is 0. The van der Waals surface area contributed by atoms with E-state index >= 15 is 0 Å². The number of hydrogen-bond donors (Lipinski definition) is 2. The van der Waals surface area contributed by atoms with E-state index in [1.807, 2.05) is 0 Å². The van der Waals surface area contributed by atoms with Gasteiger partial charge in [-0.15, -0.1) is 0 Å². The van der Waals surface area contributed by atoms with Crippen LogP contribution >= 0.6 is 11.6 Å². The second-order valence-electron chi connectivity index (χ2n) is 4.69. The molecule has 0 aromatic heterocycles. The smallest absolute Gasteiger partial charge is 0.150 e. The van der Waals surface area contributed by atoms with E-state index in [0.717, 1.165) is 5.56 Å². The van der Waals surface area contributed by atoms with Crippen molar-refractivity contribution in [3.05, 3.63) is 28.8 Å². The number of hydrazine groups is 1. The topological polar surface area (TPSA) is 81.4 Å². The lowest BCUT2D eigenvalue weighted by Gasteiger charge is -2.24. The van der Waals surface area contributed by atoms with E-state index < -0.39 is 9.84 Å². The van der Waals surface area contributed by atoms with Crippen LogP contribution in [0.1, 0.15) is 18.0 Å². The molecule has 1 aromatic rings. The summed E-state index contributed by atoms with van der Waals surface area (Å²) in [5.74, 6) is 6.53. The van der Waals surface area contributed by atoms with Gasteiger partial charge in [0.2, 0.25) is 0 Å². The van der Waals surface area contributed by atoms with Gasteiger partial charge in [0.25, 0.3) is 0 Å². The average molecular weight is 305 g/mol. The second kappa shape index (κ2) is 5.66. The van der Waals surface area contributed by atoms with Gasteiger partial charge in [-0.25, -0.2) is 8.42 Å². The molecule has 0 aliphatic carbocycles. The maximum atomic E-state index is 11.6. The van der Waals surface area contributed by atoms with E-state index in [1.54, 1.807) is 25.3 Å². The molecule has 7 heteroatoms. The first-order valence-electron chi connectivity index (χ1n) is 5.97. The van der Waals surface area contributed by atoms with Crippen molar-refractivity contribution in [3.63, 3.8) is 0 Å². The highest BCUT2D eigenvalue weighted by Crippen LogP contribution is 2.36. The molecule has 1 heterocycles. The Labute approximate surface area is 118 Å². The van der Waals surface area contributed by atoms with E-state index in [0.29, 0.717) is 17.2 Å². The number of hydrogen-bond acceptors (Lipinski definition) is 5. The Balaban J connectivity index is 2.34. The van der Waals surface area contributed by atoms with Gasteiger partial charge in [0, 0.05) is 10.6 Å². The zero-order valence-electron chi connectivity index (χ0n) is 10.6. The zero-order chi connectivity index (χ0) is 14.0. The summed E-state index contributed by atoms with van der Waals surface area (Å²) < 4.78 is 28.5. The molecular formula is C12H17ClN2O3S. The van der Waals surface area contributed by atoms with E-state index in [-0.39, 0.29) is 23.5 Å². The number of benzene rings is 1. The molecule has 0 spiro atoms. The molecule has 0 saturated carbocycles. The number of nitrogens with two attached hydrogens (primary N) is 1. The lowest BCUT2D eigenvalue weighted by Crippen LogP contribution is -2.34. The van der Waals surface area contributed by atoms with Gasteiger partial charge < -0.3 is 4.74 Å². The summed E-state index contributed by atoms with van der Waals surface area (Å²) in [5.41, 5.74) is 3.49. The Morgan fingerprint density at radius 1 is 1.53 bits per heavy atom. The lowest BCUT2D eigenvalue weighted by atomic mass is 9.92. The van der Waals surface area contributed by atoms with Gasteiger partial charge >= 0.3 is 0 Å². The third-order valence-electron chi connectivity index (χ3n) is 3.45. The number of methoxy groups -OCH3 is 1. The second-order valence-corrected chi connectivity index (χ2v) is 7.36. The van der Waals surface area contributed by atoms with E-state index in [1.165, 1.54) is 0 Å². The first-order valence-corrected chi connectivity index (χ1v) is 8.17. The van der Waals surface area contributed by atoms with Crippen LogP contribution in [0.25, 0.3) is 0 Å². The van der Waals surface area contributed by atoms with Gasteiger partial charge in [-0.3, -0.25) is 11.3 Å². The number of sulfone groups is 1. The summed E-state index contributed by atoms with van der Waals surface area (Å²) >= 11 is 6.00. The molecule has 2 unspecified atom stereocenters. The normalized spacial score (nSPS) is 23.2. The molecular weight excluding hydrogens is 288 g/mol. The van der Waals surface area contributed by atoms with Crippen LogP contribution in [-0.4, -0.2) is 27.0 Å². The van der Waals surface area contributed by atoms with E-state index in [9.17, 15) is 8.42 Å². The Morgan fingerprint density at radius 2 is 2.26 bits per heavy atom. The van der Waals surface area contributed by atoms with Gasteiger partial charge in [0.15, 0.2) is 9.84 Å². The summed E-state index contributed by atoms with van der Waals surface area (Å²) in [6.45, 7) is 0. The maximum absolute atomic E-state index is 11.6. The van der Waals surface area contributed by atoms with Crippen molar-refractivity contribution in [1.82, 2.24) is 5.43 Å². The molecule has 2 atom stereocenters. The van der Waals surface area contributed by atoms with Crippen LogP contribution in [0.3, 0.4) is 0 Å². The molecule has 106 valence electrons. The fourth-order valence-corrected chi connectivity index (χ4v) is 4.54. The van der Waals surface area contributed by atoms with Crippen molar-refractivity contribution in [2.45, 2.75) is 12.5 Å². The highest BCUT2D eigenvalue weighted by Gasteiger charge is 2.35. The third-order valence-corrected chi connectivity index (χ3v) is 5.47. The zero-order valence-corrected chi connectivity index (χ0v) is 12.2. The molecule has 2 rings (SSSR count). The quantitative estimate of drug-likeness (QED) is 0.647. The maximum Gasteiger partial charge on any atom is 0.150 e. The van der Waals surface area contributed by atoms with Gasteiger partial charge in [0.1, 0.15) is 5.75 Å². The van der Waals surface area contributed by atoms with Crippen LogP contribution in [0.4, 0.5) is 0 Å². The predicted octanol–water partition coefficient (Wildman–Crippen LogP) is 1.29. The number of rotatable bonds is 4. The number of ether oxygens (including phenoxy) is 1. The lowest BCUT2D eigenvalue weighted by molar-refractivity contribution is 0.364. The Kier molecular flexibility index (Phi) is 4.35. The molecule has 0 radical (unpaired) electrons. The van der Waals surface area contributed by atoms with Gasteiger partial charge in [0.05, 0.1) is 24.7 Å². The molecule has 1 fully saturated rings. The largest absolute Gasteiger partial charge is 0.496 e. The SMILES string of the molecule is COc1ccc(Cl)cc1C(NN)C1CCS(=O)(=O)C1. The number of nitrogens with one attached hydrogen (secondary N) is 1. The molecule has 0 amide bonds. The minimum atomic E-state index is -2.96. The Bertz CT molecular complexity index is 562. The molecule has 1 aromatic carbocycles. The molecule has 19 heavy (non-hydrogen) atoms. The molecule has 3 N–H and O–H groups in total. The molecule has 5 nitrogen and oxygen atoms in total. The molecule has 1 saturated heterocycles. The standard InChI is InChI=1S/C12H17ClN2O3S/c1-18-11-3-2-9(13)6-10(11)12(15-14)8-4-5-19(16,17)7-8/h2-3,6,8,12,15H,4-5,7,14H2,1H3. The van der Waals surface area contributed by atoms with Crippen molar-refractivity contribution in [2.24, 2.45) is 11.8 Å². The summed E-state index contributed by atoms with van der Waals surface area (Å²) in [7, 11) is -1.40. The van der Waals surface area contributed by atoms with Crippen LogP contribution < -0.4 is 16.0 Å². The van der Waals surface area contributed by atoms with Crippen LogP contribution in [0.5, 0.6) is 5.75 Å². The summed E-state index contributed by atoms with van der Waals surface area (Å²) in [6.07, 6.45) is 0.590. The minimum absolute atomic E-state index is 0.0673. The van der Waals surface area contributed by atoms with Gasteiger partial charge in [-0.2, -0.15) is 0 Å². The molecule has 1 aliphatic rings. The van der Waals surface area contributed by atoms with Crippen molar-refractivity contribution >= 4 is 21.4 Å². The fraction of sp³-hybridized carbons (Fsp3) is 0.500. The molecule has 1 aliphatic heterocycles. The van der Waals surface area contributed by atoms with Gasteiger partial charge in [-0.1, -0.05) is 11.6 Å². The first-order chi connectivity index (χ1) is 8.96. The van der Waals surface area contributed by atoms with Gasteiger partial charge in [-0.05, 0) is 30.5 Å². The van der Waals surface area contributed by atoms with E-state index in [4.69, 9.17) is 22.2 Å². The molecule has 0 bridgehead atoms. The highest BCUT2D eigenvalue weighted by molar-refractivity contribution is 7.91. The van der Waals surface area contributed by atoms with Crippen molar-refractivity contribution in [3.8, 4) is 5.75 Å². The van der Waals surface area contributed by atoms with Crippen LogP contribution in [0.15, 0.2) is 18.2 Å². The average Bonchev–Trinajstić information content (AvgIpc) is 2.71. The highest BCUT2D eigenvalue weighted by atomic mass is 35.5. The number of halogens is 1. The minimum Gasteiger partial charge on any atom is -0.496 e. The third kappa shape index (κ3) is 3.20. The first kappa shape index (κ1) is 14.6. The van der Waals surface area contributed by atoms with Crippen molar-refractivity contribution < 1.29 is 13.2 Å². The summed E-state index contributed by atoms with van der Waals surface area (Å²) in [5, 5.41) is 0.567. The van der Waals surface area contributed by atoms with Crippen LogP contribution in [-0.2, 0) is 9.84 Å². The van der Waals surface area contributed by atoms with Crippen molar-refractivity contribution in [2.75, 3.05) is 18.6 Å². The summed E-state index contributed by atoms with van der Waals surface area (Å²) in [6, 6.07) is 4.95. The fourth-order valence-electron chi connectivity index (χ4n) is 2.51. The Hall–Kier alpha value is -0.820. The predicted molar refractivity (Wildman–Crippen MR) is 74.8 cm³/mol. The van der Waals surface area contributed by atoms with Crippen molar-refractivity contribution in [1.29, 1.82) is 0 Å². The monoisotopic (exact) mass is 304 g/mol.